The number of aliphatic imine (C=N–C) groups is 1. The molecule has 3 rings (SSSR count). The van der Waals surface area contributed by atoms with Crippen LogP contribution in [0.2, 0.25) is 0 Å². The van der Waals surface area contributed by atoms with E-state index < -0.39 is 23.9 Å². The summed E-state index contributed by atoms with van der Waals surface area (Å²) in [5.74, 6) is -2.94. The molecule has 1 aromatic heterocycles. The Morgan fingerprint density at radius 2 is 1.51 bits per heavy atom. The smallest absolute Gasteiger partial charge is 0.320 e. The summed E-state index contributed by atoms with van der Waals surface area (Å²) in [5.41, 5.74) is 3.06. The predicted octanol–water partition coefficient (Wildman–Crippen LogP) is 1.96. The van der Waals surface area contributed by atoms with Crippen molar-refractivity contribution in [3.8, 4) is 0 Å². The second kappa shape index (κ2) is 15.1. The molecule has 2 aromatic rings. The van der Waals surface area contributed by atoms with Crippen molar-refractivity contribution in [1.82, 2.24) is 19.7 Å². The summed E-state index contributed by atoms with van der Waals surface area (Å²) in [4.78, 5) is 49.5. The fraction of sp³-hybridized carbons (Fsp3) is 0.407. The number of thiocarbonyl (C=S) groups is 1. The molecule has 0 fully saturated rings. The van der Waals surface area contributed by atoms with E-state index in [4.69, 9.17) is 12.2 Å². The molecule has 0 aliphatic carbocycles. The zero-order valence-corrected chi connectivity index (χ0v) is 22.4. The number of carboxylic acids is 3. The highest BCUT2D eigenvalue weighted by molar-refractivity contribution is 7.80. The van der Waals surface area contributed by atoms with Crippen LogP contribution in [0.3, 0.4) is 0 Å². The summed E-state index contributed by atoms with van der Waals surface area (Å²) in [6.45, 7) is 1.39. The minimum absolute atomic E-state index is 0.195. The quantitative estimate of drug-likeness (QED) is 0.276. The van der Waals surface area contributed by atoms with Gasteiger partial charge < -0.3 is 15.3 Å². The topological polar surface area (TPSA) is 147 Å². The first-order valence-electron chi connectivity index (χ1n) is 12.6. The average Bonchev–Trinajstić information content (AvgIpc) is 2.88. The second-order valence-corrected chi connectivity index (χ2v) is 9.61. The highest BCUT2D eigenvalue weighted by atomic mass is 32.1. The van der Waals surface area contributed by atoms with Gasteiger partial charge in [0.25, 0.3) is 0 Å². The summed E-state index contributed by atoms with van der Waals surface area (Å²) >= 11 is 4.75. The molecule has 39 heavy (non-hydrogen) atoms. The van der Waals surface area contributed by atoms with Gasteiger partial charge in [-0.25, -0.2) is 0 Å². The zero-order chi connectivity index (χ0) is 28.2. The lowest BCUT2D eigenvalue weighted by atomic mass is 10.0. The van der Waals surface area contributed by atoms with E-state index in [1.54, 1.807) is 15.9 Å². The Bertz CT molecular complexity index is 1180. The Balaban J connectivity index is 1.83. The molecule has 1 aromatic carbocycles. The van der Waals surface area contributed by atoms with E-state index in [0.29, 0.717) is 50.4 Å². The largest absolute Gasteiger partial charge is 0.480 e. The molecule has 1 aliphatic heterocycles. The Hall–Kier alpha value is -3.58. The summed E-state index contributed by atoms with van der Waals surface area (Å²) in [7, 11) is 0. The van der Waals surface area contributed by atoms with Crippen LogP contribution in [0.15, 0.2) is 47.5 Å². The van der Waals surface area contributed by atoms with E-state index in [-0.39, 0.29) is 26.2 Å². The molecular weight excluding hydrogens is 522 g/mol. The minimum atomic E-state index is -1.00. The van der Waals surface area contributed by atoms with Gasteiger partial charge in [0.2, 0.25) is 0 Å². The monoisotopic (exact) mass is 555 g/mol. The van der Waals surface area contributed by atoms with Crippen molar-refractivity contribution >= 4 is 47.4 Å². The van der Waals surface area contributed by atoms with Gasteiger partial charge in [0, 0.05) is 50.9 Å². The number of carboxylic acid groups (broad SMARTS) is 3. The molecule has 0 radical (unpaired) electrons. The Labute approximate surface area is 232 Å². The minimum Gasteiger partial charge on any atom is -0.480 e. The number of nitrogens with zero attached hydrogens (tertiary/aromatic N) is 5. The van der Waals surface area contributed by atoms with Crippen LogP contribution in [0, 0.1) is 0 Å². The number of aliphatic carboxylic acids is 3. The van der Waals surface area contributed by atoms with Crippen LogP contribution in [-0.4, -0.2) is 110 Å². The Morgan fingerprint density at radius 1 is 0.897 bits per heavy atom. The van der Waals surface area contributed by atoms with Gasteiger partial charge in [-0.15, -0.1) is 0 Å². The number of fused-ring (bicyclic) bond motifs is 2. The van der Waals surface area contributed by atoms with Gasteiger partial charge in [0.05, 0.1) is 30.2 Å². The fourth-order valence-electron chi connectivity index (χ4n) is 4.54. The van der Waals surface area contributed by atoms with Gasteiger partial charge in [-0.2, -0.15) is 0 Å². The van der Waals surface area contributed by atoms with Gasteiger partial charge in [-0.05, 0) is 42.7 Å². The van der Waals surface area contributed by atoms with E-state index in [0.717, 1.165) is 11.3 Å². The number of hydrogen-bond donors (Lipinski definition) is 3. The lowest BCUT2D eigenvalue weighted by Crippen LogP contribution is -2.47. The van der Waals surface area contributed by atoms with Crippen molar-refractivity contribution in [2.24, 2.45) is 4.99 Å². The number of benzene rings is 1. The zero-order valence-electron chi connectivity index (χ0n) is 21.6. The molecule has 1 unspecified atom stereocenters. The van der Waals surface area contributed by atoms with Crippen LogP contribution in [0.4, 0.5) is 5.69 Å². The van der Waals surface area contributed by atoms with Gasteiger partial charge in [-0.1, -0.05) is 30.4 Å². The summed E-state index contributed by atoms with van der Waals surface area (Å²) in [5, 5.41) is 30.4. The molecule has 0 saturated carbocycles. The van der Waals surface area contributed by atoms with Crippen molar-refractivity contribution in [1.29, 1.82) is 0 Å². The number of rotatable bonds is 11. The third-order valence-corrected chi connectivity index (χ3v) is 6.54. The molecule has 1 aliphatic rings. The van der Waals surface area contributed by atoms with Crippen LogP contribution in [0.1, 0.15) is 23.4 Å². The number of hydrogen-bond acceptors (Lipinski definition) is 9. The van der Waals surface area contributed by atoms with E-state index in [2.05, 4.69) is 9.98 Å². The maximum atomic E-state index is 12.4. The van der Waals surface area contributed by atoms with Crippen LogP contribution < -0.4 is 0 Å². The number of carbonyl (C=O) groups is 3. The van der Waals surface area contributed by atoms with Crippen LogP contribution >= 0.6 is 12.2 Å². The average molecular weight is 556 g/mol. The Kier molecular flexibility index (Phi) is 11.6. The van der Waals surface area contributed by atoms with E-state index >= 15 is 0 Å². The summed E-state index contributed by atoms with van der Waals surface area (Å²) < 4.78 is 0. The summed E-state index contributed by atoms with van der Waals surface area (Å²) in [6.07, 6.45) is 2.41. The predicted molar refractivity (Wildman–Crippen MR) is 150 cm³/mol. The molecule has 2 heterocycles. The number of aromatic nitrogens is 1. The third kappa shape index (κ3) is 10.2. The van der Waals surface area contributed by atoms with Gasteiger partial charge in [-0.3, -0.25) is 39.1 Å². The molecule has 11 nitrogen and oxygen atoms in total. The second-order valence-electron chi connectivity index (χ2n) is 9.34. The first-order chi connectivity index (χ1) is 18.7. The first kappa shape index (κ1) is 30.0. The van der Waals surface area contributed by atoms with Crippen molar-refractivity contribution in [2.75, 3.05) is 39.3 Å². The molecule has 2 bridgehead atoms. The number of pyridine rings is 1. The van der Waals surface area contributed by atoms with Crippen LogP contribution in [0.25, 0.3) is 0 Å². The standard InChI is InChI=1S/C27H33N5O6S/c33-25(34)18-30-11-12-31(19-26(35)36)16-22-2-1-3-23(29-22)17-32(14-13-30)24(27(37)38)9-6-20-4-7-21(8-5-20)28-10-15-39/h1-5,7-8,10,15,24H,6,9,11-14,16-19H2,(H,33,34)(H,35,36)(H,37,38). The van der Waals surface area contributed by atoms with Gasteiger partial charge in [0.1, 0.15) is 6.04 Å². The van der Waals surface area contributed by atoms with Crippen LogP contribution in [-0.2, 0) is 33.9 Å². The lowest BCUT2D eigenvalue weighted by molar-refractivity contribution is -0.144. The molecular formula is C27H33N5O6S. The molecule has 3 N–H and O–H groups in total. The first-order valence-corrected chi connectivity index (χ1v) is 13.1. The highest BCUT2D eigenvalue weighted by Gasteiger charge is 2.27. The van der Waals surface area contributed by atoms with Gasteiger partial charge in [0.15, 0.2) is 0 Å². The molecule has 0 saturated heterocycles. The number of aryl methyl sites for hydroxylation is 1. The van der Waals surface area contributed by atoms with Crippen LogP contribution in [0.5, 0.6) is 0 Å². The van der Waals surface area contributed by atoms with Crippen molar-refractivity contribution in [3.63, 3.8) is 0 Å². The fourth-order valence-corrected chi connectivity index (χ4v) is 4.60. The molecule has 0 amide bonds. The Morgan fingerprint density at radius 3 is 2.15 bits per heavy atom. The maximum Gasteiger partial charge on any atom is 0.320 e. The maximum absolute atomic E-state index is 12.4. The molecule has 1 atom stereocenters. The lowest BCUT2D eigenvalue weighted by Gasteiger charge is -2.33. The summed E-state index contributed by atoms with van der Waals surface area (Å²) in [6, 6.07) is 12.2. The van der Waals surface area contributed by atoms with Crippen molar-refractivity contribution in [2.45, 2.75) is 32.0 Å². The third-order valence-electron chi connectivity index (χ3n) is 6.42. The van der Waals surface area contributed by atoms with Crippen molar-refractivity contribution < 1.29 is 29.7 Å². The van der Waals surface area contributed by atoms with E-state index in [9.17, 15) is 29.7 Å². The van der Waals surface area contributed by atoms with E-state index in [1.165, 1.54) is 11.6 Å². The normalized spacial score (nSPS) is 16.7. The van der Waals surface area contributed by atoms with E-state index in [1.807, 2.05) is 41.3 Å². The SMILES string of the molecule is O=C(O)CN1CCN(CC(=O)O)Cc2cccc(n2)CN(C(CCc2ccc(N=CC=S)cc2)C(=O)O)CC1. The highest BCUT2D eigenvalue weighted by Crippen LogP contribution is 2.18. The van der Waals surface area contributed by atoms with Crippen molar-refractivity contribution in [3.05, 3.63) is 59.4 Å². The molecule has 0 spiro atoms. The molecule has 12 heteroatoms. The van der Waals surface area contributed by atoms with Gasteiger partial charge >= 0.3 is 17.9 Å². The molecule has 208 valence electrons.